The molecule has 1 atom stereocenters. The van der Waals surface area contributed by atoms with E-state index in [1.807, 2.05) is 0 Å². The predicted octanol–water partition coefficient (Wildman–Crippen LogP) is 2.59. The SMILES string of the molecule is O=C1CC(Cl)CN1c1cc(Cl)ccc1[N+](=O)[O-]. The molecule has 0 radical (unpaired) electrons. The van der Waals surface area contributed by atoms with Crippen LogP contribution in [0.15, 0.2) is 18.2 Å². The highest BCUT2D eigenvalue weighted by atomic mass is 35.5. The molecular weight excluding hydrogens is 267 g/mol. The van der Waals surface area contributed by atoms with Crippen LogP contribution in [-0.4, -0.2) is 22.8 Å². The number of rotatable bonds is 2. The topological polar surface area (TPSA) is 63.5 Å². The first-order valence-corrected chi connectivity index (χ1v) is 5.69. The van der Waals surface area contributed by atoms with Crippen molar-refractivity contribution in [1.29, 1.82) is 0 Å². The maximum absolute atomic E-state index is 11.6. The zero-order valence-corrected chi connectivity index (χ0v) is 10.1. The number of hydrogen-bond donors (Lipinski definition) is 0. The molecular formula is C10H8Cl2N2O3. The van der Waals surface area contributed by atoms with Crippen molar-refractivity contribution in [1.82, 2.24) is 0 Å². The van der Waals surface area contributed by atoms with Crippen LogP contribution in [0.2, 0.25) is 5.02 Å². The fourth-order valence-electron chi connectivity index (χ4n) is 1.76. The molecule has 0 aromatic heterocycles. The van der Waals surface area contributed by atoms with Gasteiger partial charge in [0.15, 0.2) is 0 Å². The summed E-state index contributed by atoms with van der Waals surface area (Å²) in [5, 5.41) is 10.9. The van der Waals surface area contributed by atoms with Crippen LogP contribution in [-0.2, 0) is 4.79 Å². The molecule has 1 amide bonds. The van der Waals surface area contributed by atoms with E-state index in [1.165, 1.54) is 23.1 Å². The van der Waals surface area contributed by atoms with E-state index in [-0.39, 0.29) is 35.6 Å². The number of nitro benzene ring substituents is 1. The second-order valence-electron chi connectivity index (χ2n) is 3.70. The van der Waals surface area contributed by atoms with Crippen molar-refractivity contribution in [2.45, 2.75) is 11.8 Å². The number of alkyl halides is 1. The largest absolute Gasteiger partial charge is 0.305 e. The number of carbonyl (C=O) groups is 1. The molecule has 90 valence electrons. The third-order valence-corrected chi connectivity index (χ3v) is 3.03. The summed E-state index contributed by atoms with van der Waals surface area (Å²) in [6.45, 7) is 0.265. The number of anilines is 1. The maximum atomic E-state index is 11.6. The minimum absolute atomic E-state index is 0.145. The molecule has 7 heteroatoms. The second kappa shape index (κ2) is 4.50. The highest BCUT2D eigenvalue weighted by Crippen LogP contribution is 2.34. The van der Waals surface area contributed by atoms with Gasteiger partial charge in [-0.05, 0) is 12.1 Å². The number of benzene rings is 1. The molecule has 1 aromatic carbocycles. The van der Waals surface area contributed by atoms with Gasteiger partial charge in [0.1, 0.15) is 5.69 Å². The van der Waals surface area contributed by atoms with E-state index in [0.29, 0.717) is 5.02 Å². The Morgan fingerprint density at radius 1 is 1.47 bits per heavy atom. The summed E-state index contributed by atoms with van der Waals surface area (Å²) in [5.41, 5.74) is 0.0594. The molecule has 1 aromatic rings. The summed E-state index contributed by atoms with van der Waals surface area (Å²) in [6.07, 6.45) is 0.186. The molecule has 0 bridgehead atoms. The van der Waals surface area contributed by atoms with Crippen LogP contribution in [0, 0.1) is 10.1 Å². The second-order valence-corrected chi connectivity index (χ2v) is 4.75. The molecule has 0 N–H and O–H groups in total. The summed E-state index contributed by atoms with van der Waals surface area (Å²) in [4.78, 5) is 23.3. The zero-order chi connectivity index (χ0) is 12.6. The lowest BCUT2D eigenvalue weighted by Gasteiger charge is -2.15. The van der Waals surface area contributed by atoms with Gasteiger partial charge in [0.2, 0.25) is 5.91 Å². The smallest absolute Gasteiger partial charge is 0.293 e. The molecule has 0 spiro atoms. The highest BCUT2D eigenvalue weighted by molar-refractivity contribution is 6.31. The Morgan fingerprint density at radius 3 is 2.71 bits per heavy atom. The average molecular weight is 275 g/mol. The van der Waals surface area contributed by atoms with Crippen molar-refractivity contribution in [3.63, 3.8) is 0 Å². The Labute approximate surface area is 107 Å². The summed E-state index contributed by atoms with van der Waals surface area (Å²) in [5.74, 6) is -0.227. The number of nitro groups is 1. The number of hydrogen-bond acceptors (Lipinski definition) is 3. The Hall–Kier alpha value is -1.33. The van der Waals surface area contributed by atoms with Crippen molar-refractivity contribution >= 4 is 40.5 Å². The molecule has 2 rings (SSSR count). The lowest BCUT2D eigenvalue weighted by atomic mass is 10.2. The normalized spacial score (nSPS) is 19.8. The van der Waals surface area contributed by atoms with Crippen LogP contribution in [0.5, 0.6) is 0 Å². The molecule has 1 saturated heterocycles. The van der Waals surface area contributed by atoms with Crippen LogP contribution >= 0.6 is 23.2 Å². The predicted molar refractivity (Wildman–Crippen MR) is 64.7 cm³/mol. The Balaban J connectivity index is 2.46. The van der Waals surface area contributed by atoms with Crippen LogP contribution < -0.4 is 4.90 Å². The van der Waals surface area contributed by atoms with E-state index < -0.39 is 4.92 Å². The number of halogens is 2. The fraction of sp³-hybridized carbons (Fsp3) is 0.300. The van der Waals surface area contributed by atoms with Crippen molar-refractivity contribution in [2.24, 2.45) is 0 Å². The summed E-state index contributed by atoms with van der Waals surface area (Å²) in [6, 6.07) is 4.11. The standard InChI is InChI=1S/C10H8Cl2N2O3/c11-6-1-2-8(14(16)17)9(3-6)13-5-7(12)4-10(13)15/h1-3,7H,4-5H2. The van der Waals surface area contributed by atoms with Gasteiger partial charge >= 0.3 is 0 Å². The molecule has 1 heterocycles. The van der Waals surface area contributed by atoms with Gasteiger partial charge in [0, 0.05) is 24.1 Å². The zero-order valence-electron chi connectivity index (χ0n) is 8.60. The molecule has 1 fully saturated rings. The lowest BCUT2D eigenvalue weighted by Crippen LogP contribution is -2.25. The molecule has 5 nitrogen and oxygen atoms in total. The van der Waals surface area contributed by atoms with Gasteiger partial charge in [-0.2, -0.15) is 0 Å². The Morgan fingerprint density at radius 2 is 2.18 bits per heavy atom. The summed E-state index contributed by atoms with van der Waals surface area (Å²) in [7, 11) is 0. The van der Waals surface area contributed by atoms with E-state index in [4.69, 9.17) is 23.2 Å². The summed E-state index contributed by atoms with van der Waals surface area (Å²) < 4.78 is 0. The molecule has 0 saturated carbocycles. The third-order valence-electron chi connectivity index (χ3n) is 2.50. The lowest BCUT2D eigenvalue weighted by molar-refractivity contribution is -0.384. The number of nitrogens with zero attached hydrogens (tertiary/aromatic N) is 2. The van der Waals surface area contributed by atoms with Gasteiger partial charge in [-0.25, -0.2) is 0 Å². The van der Waals surface area contributed by atoms with Crippen molar-refractivity contribution in [3.8, 4) is 0 Å². The minimum Gasteiger partial charge on any atom is -0.305 e. The first kappa shape index (κ1) is 12.1. The minimum atomic E-state index is -0.541. The van der Waals surface area contributed by atoms with Crippen molar-refractivity contribution < 1.29 is 9.72 Å². The molecule has 17 heavy (non-hydrogen) atoms. The van der Waals surface area contributed by atoms with Gasteiger partial charge in [0.25, 0.3) is 5.69 Å². The Kier molecular flexibility index (Phi) is 3.22. The van der Waals surface area contributed by atoms with Gasteiger partial charge in [-0.3, -0.25) is 14.9 Å². The van der Waals surface area contributed by atoms with E-state index in [9.17, 15) is 14.9 Å². The molecule has 1 unspecified atom stereocenters. The van der Waals surface area contributed by atoms with Crippen LogP contribution in [0.1, 0.15) is 6.42 Å². The highest BCUT2D eigenvalue weighted by Gasteiger charge is 2.33. The van der Waals surface area contributed by atoms with Crippen LogP contribution in [0.3, 0.4) is 0 Å². The average Bonchev–Trinajstić information content (AvgIpc) is 2.57. The molecule has 1 aliphatic heterocycles. The first-order chi connectivity index (χ1) is 7.99. The van der Waals surface area contributed by atoms with E-state index in [1.54, 1.807) is 0 Å². The van der Waals surface area contributed by atoms with Gasteiger partial charge in [0.05, 0.1) is 10.3 Å². The number of carbonyl (C=O) groups excluding carboxylic acids is 1. The van der Waals surface area contributed by atoms with E-state index in [0.717, 1.165) is 0 Å². The fourth-order valence-corrected chi connectivity index (χ4v) is 2.20. The van der Waals surface area contributed by atoms with Crippen LogP contribution in [0.25, 0.3) is 0 Å². The quantitative estimate of drug-likeness (QED) is 0.473. The molecule has 1 aliphatic rings. The Bertz CT molecular complexity index is 492. The van der Waals surface area contributed by atoms with Crippen LogP contribution in [0.4, 0.5) is 11.4 Å². The maximum Gasteiger partial charge on any atom is 0.293 e. The van der Waals surface area contributed by atoms with Crippen molar-refractivity contribution in [2.75, 3.05) is 11.4 Å². The molecule has 0 aliphatic carbocycles. The monoisotopic (exact) mass is 274 g/mol. The number of amides is 1. The van der Waals surface area contributed by atoms with Gasteiger partial charge in [-0.1, -0.05) is 11.6 Å². The first-order valence-electron chi connectivity index (χ1n) is 4.87. The third kappa shape index (κ3) is 2.35. The summed E-state index contributed by atoms with van der Waals surface area (Å²) >= 11 is 11.6. The van der Waals surface area contributed by atoms with Gasteiger partial charge < -0.3 is 4.90 Å². The van der Waals surface area contributed by atoms with E-state index in [2.05, 4.69) is 0 Å². The van der Waals surface area contributed by atoms with Crippen molar-refractivity contribution in [3.05, 3.63) is 33.3 Å². The van der Waals surface area contributed by atoms with Gasteiger partial charge in [-0.15, -0.1) is 11.6 Å². The van der Waals surface area contributed by atoms with E-state index >= 15 is 0 Å².